The van der Waals surface area contributed by atoms with Gasteiger partial charge in [-0.25, -0.2) is 14.8 Å². The molecule has 0 aliphatic rings. The number of benzene rings is 8. The van der Waals surface area contributed by atoms with E-state index in [0.29, 0.717) is 11.6 Å². The molecule has 8 aromatic carbocycles. The van der Waals surface area contributed by atoms with E-state index in [1.54, 1.807) is 0 Å². The van der Waals surface area contributed by atoms with Crippen molar-refractivity contribution < 1.29 is 4.42 Å². The van der Waals surface area contributed by atoms with Crippen LogP contribution in [0.25, 0.3) is 116 Å². The predicted molar refractivity (Wildman–Crippen MR) is 241 cm³/mol. The van der Waals surface area contributed by atoms with Gasteiger partial charge in [-0.05, 0) is 83.4 Å². The molecule has 0 fully saturated rings. The molecule has 0 aliphatic heterocycles. The van der Waals surface area contributed by atoms with Crippen LogP contribution in [0.3, 0.4) is 0 Å². The van der Waals surface area contributed by atoms with Gasteiger partial charge in [-0.3, -0.25) is 4.57 Å². The highest BCUT2D eigenvalue weighted by molar-refractivity contribution is 6.13. The molecular weight excluding hydrogens is 723 g/mol. The Morgan fingerprint density at radius 1 is 0.390 bits per heavy atom. The molecule has 59 heavy (non-hydrogen) atoms. The summed E-state index contributed by atoms with van der Waals surface area (Å²) < 4.78 is 10.7. The van der Waals surface area contributed by atoms with Crippen LogP contribution in [0.1, 0.15) is 0 Å². The molecule has 0 bridgehead atoms. The molecule has 4 aromatic heterocycles. The highest BCUT2D eigenvalue weighted by Crippen LogP contribution is 2.40. The van der Waals surface area contributed by atoms with Gasteiger partial charge in [-0.15, -0.1) is 0 Å². The van der Waals surface area contributed by atoms with Crippen LogP contribution in [0, 0.1) is 6.57 Å². The lowest BCUT2D eigenvalue weighted by Crippen LogP contribution is -2.04. The van der Waals surface area contributed by atoms with Gasteiger partial charge in [0.05, 0.1) is 40.0 Å². The maximum Gasteiger partial charge on any atom is 0.235 e. The van der Waals surface area contributed by atoms with Crippen molar-refractivity contribution in [3.63, 3.8) is 0 Å². The maximum atomic E-state index is 7.66. The van der Waals surface area contributed by atoms with E-state index < -0.39 is 0 Å². The molecule has 0 unspecified atom stereocenters. The van der Waals surface area contributed by atoms with Crippen molar-refractivity contribution in [2.45, 2.75) is 0 Å². The minimum absolute atomic E-state index is 0.568. The Hall–Kier alpha value is -8.27. The fraction of sp³-hybridized carbons (Fsp3) is 0. The number of aromatic nitrogens is 4. The monoisotopic (exact) mass is 753 g/mol. The third-order valence-corrected chi connectivity index (χ3v) is 11.6. The second-order valence-electron chi connectivity index (χ2n) is 14.9. The standard InChI is InChI=1S/C53H31N5O/c1-54-37-15-11-14-36(28-37)46-32-45(33-12-3-2-4-13-33)55-53(56-46)58-48-20-9-5-16-39(48)41-25-22-35(30-50(41)58)34-23-26-49-43(29-34)40-17-6-8-19-47(40)57(49)38-24-27-52-44(31-38)42-18-7-10-21-51(42)59-52/h2-32H. The Labute approximate surface area is 338 Å². The molecule has 0 amide bonds. The molecule has 6 heteroatoms. The lowest BCUT2D eigenvalue weighted by atomic mass is 10.0. The summed E-state index contributed by atoms with van der Waals surface area (Å²) in [6.45, 7) is 7.66. The first-order valence-electron chi connectivity index (χ1n) is 19.6. The summed E-state index contributed by atoms with van der Waals surface area (Å²) in [6.07, 6.45) is 0. The first-order chi connectivity index (χ1) is 29.2. The summed E-state index contributed by atoms with van der Waals surface area (Å²) in [5.74, 6) is 0.568. The molecule has 0 radical (unpaired) electrons. The number of para-hydroxylation sites is 3. The van der Waals surface area contributed by atoms with Crippen molar-refractivity contribution in [1.82, 2.24) is 19.1 Å². The van der Waals surface area contributed by atoms with Gasteiger partial charge in [0.15, 0.2) is 5.69 Å². The topological polar surface area (TPSA) is 53.1 Å². The second-order valence-corrected chi connectivity index (χ2v) is 14.9. The first kappa shape index (κ1) is 32.9. The molecule has 274 valence electrons. The fourth-order valence-electron chi connectivity index (χ4n) is 8.82. The van der Waals surface area contributed by atoms with Gasteiger partial charge in [0.1, 0.15) is 11.2 Å². The van der Waals surface area contributed by atoms with Gasteiger partial charge in [-0.1, -0.05) is 121 Å². The molecule has 6 nitrogen and oxygen atoms in total. The zero-order valence-corrected chi connectivity index (χ0v) is 31.5. The minimum atomic E-state index is 0.568. The average Bonchev–Trinajstić information content (AvgIpc) is 3.96. The molecule has 12 rings (SSSR count). The van der Waals surface area contributed by atoms with E-state index in [4.69, 9.17) is 21.0 Å². The number of nitrogens with zero attached hydrogens (tertiary/aromatic N) is 5. The summed E-state index contributed by atoms with van der Waals surface area (Å²) in [4.78, 5) is 14.2. The molecule has 4 heterocycles. The smallest absolute Gasteiger partial charge is 0.235 e. The lowest BCUT2D eigenvalue weighted by Gasteiger charge is -2.12. The average molecular weight is 754 g/mol. The summed E-state index contributed by atoms with van der Waals surface area (Å²) in [6, 6.07) is 65.2. The van der Waals surface area contributed by atoms with E-state index in [1.165, 1.54) is 10.8 Å². The molecular formula is C53H31N5O. The molecule has 0 atom stereocenters. The summed E-state index contributed by atoms with van der Waals surface area (Å²) in [7, 11) is 0. The van der Waals surface area contributed by atoms with Crippen molar-refractivity contribution in [3.05, 3.63) is 199 Å². The van der Waals surface area contributed by atoms with Gasteiger partial charge in [0.25, 0.3) is 0 Å². The Balaban J connectivity index is 1.05. The lowest BCUT2D eigenvalue weighted by molar-refractivity contribution is 0.669. The van der Waals surface area contributed by atoms with Crippen molar-refractivity contribution in [2.75, 3.05) is 0 Å². The number of rotatable bonds is 5. The Morgan fingerprint density at radius 3 is 1.85 bits per heavy atom. The molecule has 0 aliphatic carbocycles. The Kier molecular flexibility index (Phi) is 7.19. The van der Waals surface area contributed by atoms with Gasteiger partial charge in [0.2, 0.25) is 5.95 Å². The third kappa shape index (κ3) is 5.19. The summed E-state index contributed by atoms with van der Waals surface area (Å²) >= 11 is 0. The Bertz CT molecular complexity index is 3700. The van der Waals surface area contributed by atoms with E-state index >= 15 is 0 Å². The van der Waals surface area contributed by atoms with Crippen LogP contribution in [0.5, 0.6) is 0 Å². The van der Waals surface area contributed by atoms with Crippen molar-refractivity contribution in [2.24, 2.45) is 0 Å². The minimum Gasteiger partial charge on any atom is -0.456 e. The molecule has 0 N–H and O–H groups in total. The van der Waals surface area contributed by atoms with Crippen molar-refractivity contribution in [1.29, 1.82) is 0 Å². The van der Waals surface area contributed by atoms with Crippen molar-refractivity contribution in [3.8, 4) is 45.3 Å². The first-order valence-corrected chi connectivity index (χ1v) is 19.6. The van der Waals surface area contributed by atoms with E-state index in [0.717, 1.165) is 94.1 Å². The predicted octanol–water partition coefficient (Wildman–Crippen LogP) is 14.1. The summed E-state index contributed by atoms with van der Waals surface area (Å²) in [5, 5.41) is 6.84. The van der Waals surface area contributed by atoms with Gasteiger partial charge >= 0.3 is 0 Å². The van der Waals surface area contributed by atoms with Crippen LogP contribution in [0.2, 0.25) is 0 Å². The van der Waals surface area contributed by atoms with Crippen LogP contribution in [-0.2, 0) is 0 Å². The zero-order chi connectivity index (χ0) is 39.0. The highest BCUT2D eigenvalue weighted by Gasteiger charge is 2.19. The van der Waals surface area contributed by atoms with Crippen molar-refractivity contribution >= 4 is 71.2 Å². The summed E-state index contributed by atoms with van der Waals surface area (Å²) in [5.41, 5.74) is 13.4. The van der Waals surface area contributed by atoms with Gasteiger partial charge < -0.3 is 8.98 Å². The highest BCUT2D eigenvalue weighted by atomic mass is 16.3. The SMILES string of the molecule is [C-]#[N+]c1cccc(-c2cc(-c3ccccc3)nc(-n3c4ccccc4c4ccc(-c5ccc6c(c5)c5ccccc5n6-c5ccc6oc7ccccc7c6c5)cc43)n2)c1. The molecule has 12 aromatic rings. The van der Waals surface area contributed by atoms with E-state index in [2.05, 4.69) is 141 Å². The number of furan rings is 1. The van der Waals surface area contributed by atoms with Crippen LogP contribution >= 0.6 is 0 Å². The van der Waals surface area contributed by atoms with E-state index in [9.17, 15) is 0 Å². The third-order valence-electron chi connectivity index (χ3n) is 11.6. The second kappa shape index (κ2) is 12.9. The van der Waals surface area contributed by atoms with Crippen LogP contribution < -0.4 is 0 Å². The van der Waals surface area contributed by atoms with Gasteiger partial charge in [0, 0.05) is 43.6 Å². The maximum absolute atomic E-state index is 7.66. The van der Waals surface area contributed by atoms with E-state index in [1.807, 2.05) is 60.7 Å². The number of hydrogen-bond acceptors (Lipinski definition) is 3. The van der Waals surface area contributed by atoms with Crippen LogP contribution in [-0.4, -0.2) is 19.1 Å². The zero-order valence-electron chi connectivity index (χ0n) is 31.5. The normalized spacial score (nSPS) is 11.7. The van der Waals surface area contributed by atoms with Crippen LogP contribution in [0.4, 0.5) is 5.69 Å². The largest absolute Gasteiger partial charge is 0.456 e. The van der Waals surface area contributed by atoms with Crippen LogP contribution in [0.15, 0.2) is 192 Å². The Morgan fingerprint density at radius 2 is 1.02 bits per heavy atom. The number of hydrogen-bond donors (Lipinski definition) is 0. The molecule has 0 saturated heterocycles. The number of fused-ring (bicyclic) bond motifs is 9. The molecule has 0 spiro atoms. The van der Waals surface area contributed by atoms with Gasteiger partial charge in [-0.2, -0.15) is 0 Å². The molecule has 0 saturated carbocycles. The quantitative estimate of drug-likeness (QED) is 0.164. The van der Waals surface area contributed by atoms with E-state index in [-0.39, 0.29) is 0 Å². The fourth-order valence-corrected chi connectivity index (χ4v) is 8.82.